The number of unbranched alkanes of at least 4 members (excludes halogenated alkanes) is 1. The van der Waals surface area contributed by atoms with Crippen LogP contribution in [0.25, 0.3) is 0 Å². The molecule has 0 unspecified atom stereocenters. The molecule has 0 aromatic rings. The summed E-state index contributed by atoms with van der Waals surface area (Å²) in [6.45, 7) is 2.28. The summed E-state index contributed by atoms with van der Waals surface area (Å²) in [7, 11) is 0. The van der Waals surface area contributed by atoms with Gasteiger partial charge in [0.25, 0.3) is 0 Å². The van der Waals surface area contributed by atoms with E-state index >= 15 is 0 Å². The molecule has 1 fully saturated rings. The van der Waals surface area contributed by atoms with E-state index in [9.17, 15) is 0 Å². The van der Waals surface area contributed by atoms with Crippen LogP contribution in [-0.2, 0) is 0 Å². The highest BCUT2D eigenvalue weighted by atomic mass is 33.1. The molecule has 0 radical (unpaired) electrons. The average Bonchev–Trinajstić information content (AvgIpc) is 2.34. The van der Waals surface area contributed by atoms with Gasteiger partial charge >= 0.3 is 0 Å². The van der Waals surface area contributed by atoms with Gasteiger partial charge in [-0.25, -0.2) is 0 Å². The SMILES string of the molecule is CCCCP1SCCS1. The third-order valence-electron chi connectivity index (χ3n) is 1.25. The molecule has 1 heterocycles. The zero-order valence-electron chi connectivity index (χ0n) is 5.80. The van der Waals surface area contributed by atoms with Gasteiger partial charge in [0.1, 0.15) is 0 Å². The summed E-state index contributed by atoms with van der Waals surface area (Å²) >= 11 is 4.42. The van der Waals surface area contributed by atoms with E-state index in [1.54, 1.807) is 0 Å². The summed E-state index contributed by atoms with van der Waals surface area (Å²) in [5.41, 5.74) is 0. The molecule has 0 N–H and O–H groups in total. The van der Waals surface area contributed by atoms with E-state index in [4.69, 9.17) is 0 Å². The van der Waals surface area contributed by atoms with Crippen LogP contribution in [0.5, 0.6) is 0 Å². The van der Waals surface area contributed by atoms with Crippen LogP contribution in [0.3, 0.4) is 0 Å². The number of hydrogen-bond acceptors (Lipinski definition) is 2. The first-order valence-electron chi connectivity index (χ1n) is 3.47. The van der Waals surface area contributed by atoms with Crippen molar-refractivity contribution in [2.75, 3.05) is 17.7 Å². The minimum absolute atomic E-state index is 0.382. The molecule has 0 bridgehead atoms. The molecule has 0 aromatic carbocycles. The fraction of sp³-hybridized carbons (Fsp3) is 1.00. The fourth-order valence-corrected chi connectivity index (χ4v) is 8.99. The molecule has 1 aliphatic heterocycles. The maximum Gasteiger partial charge on any atom is 0.0123 e. The van der Waals surface area contributed by atoms with Crippen LogP contribution in [0.15, 0.2) is 0 Å². The van der Waals surface area contributed by atoms with Crippen molar-refractivity contribution in [1.82, 2.24) is 0 Å². The number of hydrogen-bond donors (Lipinski definition) is 0. The van der Waals surface area contributed by atoms with Crippen LogP contribution >= 0.6 is 29.1 Å². The van der Waals surface area contributed by atoms with Crippen molar-refractivity contribution in [2.24, 2.45) is 0 Å². The van der Waals surface area contributed by atoms with Gasteiger partial charge in [-0.05, 0) is 12.6 Å². The van der Waals surface area contributed by atoms with Crippen molar-refractivity contribution >= 4 is 29.1 Å². The second kappa shape index (κ2) is 4.87. The third-order valence-corrected chi connectivity index (χ3v) is 9.35. The van der Waals surface area contributed by atoms with Gasteiger partial charge in [-0.1, -0.05) is 13.3 Å². The van der Waals surface area contributed by atoms with Gasteiger partial charge in [0.2, 0.25) is 0 Å². The van der Waals surface area contributed by atoms with Crippen LogP contribution in [0, 0.1) is 0 Å². The van der Waals surface area contributed by atoms with Crippen LogP contribution < -0.4 is 0 Å². The molecule has 0 aromatic heterocycles. The van der Waals surface area contributed by atoms with Crippen molar-refractivity contribution in [1.29, 1.82) is 0 Å². The van der Waals surface area contributed by atoms with E-state index in [0.29, 0.717) is 6.33 Å². The maximum atomic E-state index is 2.28. The maximum absolute atomic E-state index is 2.28. The second-order valence-electron chi connectivity index (χ2n) is 2.08. The van der Waals surface area contributed by atoms with E-state index in [1.165, 1.54) is 30.5 Å². The first kappa shape index (κ1) is 8.23. The zero-order valence-corrected chi connectivity index (χ0v) is 8.33. The smallest absolute Gasteiger partial charge is 0.0123 e. The van der Waals surface area contributed by atoms with Gasteiger partial charge in [0.15, 0.2) is 0 Å². The van der Waals surface area contributed by atoms with Crippen LogP contribution in [0.4, 0.5) is 0 Å². The quantitative estimate of drug-likeness (QED) is 0.609. The highest BCUT2D eigenvalue weighted by Gasteiger charge is 2.14. The largest absolute Gasteiger partial charge is 0.122 e. The van der Waals surface area contributed by atoms with E-state index in [-0.39, 0.29) is 0 Å². The van der Waals surface area contributed by atoms with Crippen molar-refractivity contribution in [3.8, 4) is 0 Å². The summed E-state index contributed by atoms with van der Waals surface area (Å²) in [6, 6.07) is 0. The third kappa shape index (κ3) is 3.15. The summed E-state index contributed by atoms with van der Waals surface area (Å²) in [6.07, 6.45) is 4.71. The van der Waals surface area contributed by atoms with Crippen molar-refractivity contribution in [3.63, 3.8) is 0 Å². The second-order valence-corrected chi connectivity index (χ2v) is 9.41. The minimum atomic E-state index is 0.382. The molecule has 0 aliphatic carbocycles. The fourth-order valence-electron chi connectivity index (χ4n) is 0.732. The molecule has 0 saturated carbocycles. The van der Waals surface area contributed by atoms with Crippen molar-refractivity contribution < 1.29 is 0 Å². The standard InChI is InChI=1S/C6H13PS2/c1-2-3-4-7-8-5-6-9-7/h2-6H2,1H3. The Morgan fingerprint density at radius 1 is 1.33 bits per heavy atom. The molecule has 0 spiro atoms. The van der Waals surface area contributed by atoms with Crippen LogP contribution in [0.2, 0.25) is 0 Å². The van der Waals surface area contributed by atoms with Gasteiger partial charge in [-0.3, -0.25) is 0 Å². The normalized spacial score (nSPS) is 21.0. The van der Waals surface area contributed by atoms with E-state index in [1.807, 2.05) is 0 Å². The molecule has 0 atom stereocenters. The van der Waals surface area contributed by atoms with E-state index in [0.717, 1.165) is 0 Å². The van der Waals surface area contributed by atoms with Gasteiger partial charge in [-0.15, -0.1) is 22.8 Å². The van der Waals surface area contributed by atoms with E-state index in [2.05, 4.69) is 29.7 Å². The predicted octanol–water partition coefficient (Wildman–Crippen LogP) is 3.58. The molecular weight excluding hydrogens is 167 g/mol. The molecule has 0 amide bonds. The lowest BCUT2D eigenvalue weighted by molar-refractivity contribution is 0.896. The summed E-state index contributed by atoms with van der Waals surface area (Å²) in [5, 5.41) is 0. The Bertz CT molecular complexity index is 71.5. The Kier molecular flexibility index (Phi) is 4.45. The topological polar surface area (TPSA) is 0 Å². The lowest BCUT2D eigenvalue weighted by Gasteiger charge is -2.04. The van der Waals surface area contributed by atoms with Crippen molar-refractivity contribution in [3.05, 3.63) is 0 Å². The van der Waals surface area contributed by atoms with Crippen LogP contribution in [-0.4, -0.2) is 17.7 Å². The molecular formula is C6H13PS2. The van der Waals surface area contributed by atoms with Crippen LogP contribution in [0.1, 0.15) is 19.8 Å². The Hall–Kier alpha value is 1.13. The highest BCUT2D eigenvalue weighted by molar-refractivity contribution is 8.89. The molecule has 0 nitrogen and oxygen atoms in total. The Labute approximate surface area is 66.8 Å². The van der Waals surface area contributed by atoms with Crippen molar-refractivity contribution in [2.45, 2.75) is 19.8 Å². The summed E-state index contributed by atoms with van der Waals surface area (Å²) < 4.78 is 0. The molecule has 1 saturated heterocycles. The molecule has 3 heteroatoms. The van der Waals surface area contributed by atoms with Gasteiger partial charge in [-0.2, -0.15) is 0 Å². The summed E-state index contributed by atoms with van der Waals surface area (Å²) in [5.74, 6) is 2.83. The molecule has 1 rings (SSSR count). The average molecular weight is 180 g/mol. The molecule has 1 aliphatic rings. The molecule has 54 valence electrons. The lowest BCUT2D eigenvalue weighted by Crippen LogP contribution is -1.73. The first-order chi connectivity index (χ1) is 4.43. The van der Waals surface area contributed by atoms with Gasteiger partial charge in [0, 0.05) is 17.8 Å². The number of rotatable bonds is 3. The Balaban J connectivity index is 1.98. The van der Waals surface area contributed by atoms with Gasteiger partial charge in [0.05, 0.1) is 0 Å². The highest BCUT2D eigenvalue weighted by Crippen LogP contribution is 2.65. The Morgan fingerprint density at radius 3 is 2.56 bits per heavy atom. The summed E-state index contributed by atoms with van der Waals surface area (Å²) in [4.78, 5) is 0. The van der Waals surface area contributed by atoms with Gasteiger partial charge < -0.3 is 0 Å². The minimum Gasteiger partial charge on any atom is -0.122 e. The zero-order chi connectivity index (χ0) is 6.53. The van der Waals surface area contributed by atoms with E-state index < -0.39 is 0 Å². The lowest BCUT2D eigenvalue weighted by atomic mass is 10.4. The predicted molar refractivity (Wildman–Crippen MR) is 51.6 cm³/mol. The monoisotopic (exact) mass is 180 g/mol. The first-order valence-corrected chi connectivity index (χ1v) is 8.17. The molecule has 9 heavy (non-hydrogen) atoms. The Morgan fingerprint density at radius 2 is 2.00 bits per heavy atom.